The zero-order valence-corrected chi connectivity index (χ0v) is 12.6. The minimum absolute atomic E-state index is 0.0561. The van der Waals surface area contributed by atoms with Gasteiger partial charge in [0, 0.05) is 24.0 Å². The van der Waals surface area contributed by atoms with Crippen molar-refractivity contribution in [1.29, 1.82) is 0 Å². The summed E-state index contributed by atoms with van der Waals surface area (Å²) in [5.41, 5.74) is 3.05. The van der Waals surface area contributed by atoms with Crippen LogP contribution in [0.4, 0.5) is 0 Å². The summed E-state index contributed by atoms with van der Waals surface area (Å²) in [6.07, 6.45) is 0.840. The van der Waals surface area contributed by atoms with Gasteiger partial charge in [0.1, 0.15) is 5.84 Å². The summed E-state index contributed by atoms with van der Waals surface area (Å²) in [4.78, 5) is 17.1. The highest BCUT2D eigenvalue weighted by Gasteiger charge is 2.24. The van der Waals surface area contributed by atoms with Crippen molar-refractivity contribution in [1.82, 2.24) is 4.57 Å². The van der Waals surface area contributed by atoms with Gasteiger partial charge in [-0.25, -0.2) is 0 Å². The number of thiophene rings is 1. The highest BCUT2D eigenvalue weighted by atomic mass is 32.1. The lowest BCUT2D eigenvalue weighted by molar-refractivity contribution is -0.136. The summed E-state index contributed by atoms with van der Waals surface area (Å²) in [6, 6.07) is 12.1. The molecule has 4 rings (SSSR count). The molecule has 110 valence electrons. The lowest BCUT2D eigenvalue weighted by Crippen LogP contribution is -2.22. The van der Waals surface area contributed by atoms with Crippen LogP contribution in [-0.2, 0) is 17.6 Å². The Morgan fingerprint density at radius 2 is 2.14 bits per heavy atom. The van der Waals surface area contributed by atoms with Gasteiger partial charge in [-0.05, 0) is 23.1 Å². The van der Waals surface area contributed by atoms with E-state index >= 15 is 0 Å². The van der Waals surface area contributed by atoms with E-state index in [2.05, 4.69) is 10.6 Å². The van der Waals surface area contributed by atoms with Crippen molar-refractivity contribution in [2.24, 2.45) is 4.99 Å². The first-order valence-corrected chi connectivity index (χ1v) is 8.05. The van der Waals surface area contributed by atoms with Crippen LogP contribution in [0.5, 0.6) is 0 Å². The number of carboxylic acid groups (broad SMARTS) is 1. The van der Waals surface area contributed by atoms with Crippen LogP contribution in [0.2, 0.25) is 0 Å². The van der Waals surface area contributed by atoms with E-state index in [4.69, 9.17) is 4.99 Å². The average molecular weight is 310 g/mol. The Balaban J connectivity index is 2.01. The van der Waals surface area contributed by atoms with Crippen LogP contribution in [0.1, 0.15) is 16.1 Å². The maximum absolute atomic E-state index is 11.3. The first-order chi connectivity index (χ1) is 10.8. The van der Waals surface area contributed by atoms with Crippen LogP contribution >= 0.6 is 11.3 Å². The molecule has 1 N–H and O–H groups in total. The topological polar surface area (TPSA) is 54.6 Å². The third-order valence-corrected chi connectivity index (χ3v) is 4.85. The molecule has 1 aliphatic rings. The third-order valence-electron chi connectivity index (χ3n) is 3.98. The standard InChI is InChI=1S/C17H14N2O2S/c20-16(21)10-12-11-4-1-2-5-13(11)19-14(12)7-8-18-17(19)15-6-3-9-22-15/h1-6,9H,7-8,10H2,(H,20,21). The maximum atomic E-state index is 11.3. The summed E-state index contributed by atoms with van der Waals surface area (Å²) >= 11 is 1.66. The quantitative estimate of drug-likeness (QED) is 0.808. The molecule has 5 heteroatoms. The summed E-state index contributed by atoms with van der Waals surface area (Å²) < 4.78 is 2.14. The van der Waals surface area contributed by atoms with E-state index in [9.17, 15) is 9.90 Å². The van der Waals surface area contributed by atoms with Crippen molar-refractivity contribution in [2.75, 3.05) is 6.54 Å². The minimum atomic E-state index is -0.792. The monoisotopic (exact) mass is 310 g/mol. The number of aliphatic imine (C=N–C) groups is 1. The minimum Gasteiger partial charge on any atom is -0.481 e. The Kier molecular flexibility index (Phi) is 3.08. The van der Waals surface area contributed by atoms with Gasteiger partial charge in [-0.1, -0.05) is 24.3 Å². The van der Waals surface area contributed by atoms with Gasteiger partial charge in [0.2, 0.25) is 0 Å². The summed E-state index contributed by atoms with van der Waals surface area (Å²) in [6.45, 7) is 0.705. The number of nitrogens with zero attached hydrogens (tertiary/aromatic N) is 2. The fourth-order valence-electron chi connectivity index (χ4n) is 3.15. The van der Waals surface area contributed by atoms with Crippen LogP contribution in [0.25, 0.3) is 10.9 Å². The second-order valence-corrected chi connectivity index (χ2v) is 6.23. The SMILES string of the molecule is O=C(O)Cc1c2n(c3ccccc13)C(c1cccs1)=NCC2. The van der Waals surface area contributed by atoms with Crippen molar-refractivity contribution < 1.29 is 9.90 Å². The first kappa shape index (κ1) is 13.3. The van der Waals surface area contributed by atoms with E-state index < -0.39 is 5.97 Å². The number of carbonyl (C=O) groups is 1. The molecule has 2 aromatic heterocycles. The van der Waals surface area contributed by atoms with Gasteiger partial charge in [-0.15, -0.1) is 11.3 Å². The predicted molar refractivity (Wildman–Crippen MR) is 88.1 cm³/mol. The number of hydrogen-bond donors (Lipinski definition) is 1. The molecule has 1 aromatic carbocycles. The van der Waals surface area contributed by atoms with Crippen molar-refractivity contribution in [2.45, 2.75) is 12.8 Å². The third kappa shape index (κ3) is 1.97. The number of aromatic nitrogens is 1. The number of benzene rings is 1. The van der Waals surface area contributed by atoms with E-state index in [1.807, 2.05) is 35.7 Å². The Morgan fingerprint density at radius 3 is 2.91 bits per heavy atom. The van der Waals surface area contributed by atoms with Crippen molar-refractivity contribution in [3.05, 3.63) is 57.9 Å². The summed E-state index contributed by atoms with van der Waals surface area (Å²) in [5.74, 6) is 0.142. The van der Waals surface area contributed by atoms with Gasteiger partial charge in [-0.2, -0.15) is 0 Å². The predicted octanol–water partition coefficient (Wildman–Crippen LogP) is 3.18. The van der Waals surface area contributed by atoms with Gasteiger partial charge in [0.15, 0.2) is 0 Å². The smallest absolute Gasteiger partial charge is 0.307 e. The lowest BCUT2D eigenvalue weighted by atomic mass is 10.1. The van der Waals surface area contributed by atoms with Gasteiger partial charge in [0.25, 0.3) is 0 Å². The molecule has 0 amide bonds. The molecule has 0 bridgehead atoms. The molecule has 0 fully saturated rings. The number of hydrogen-bond acceptors (Lipinski definition) is 3. The first-order valence-electron chi connectivity index (χ1n) is 7.17. The Morgan fingerprint density at radius 1 is 1.27 bits per heavy atom. The molecule has 0 saturated heterocycles. The molecule has 3 heterocycles. The van der Waals surface area contributed by atoms with Crippen molar-refractivity contribution in [3.8, 4) is 0 Å². The maximum Gasteiger partial charge on any atom is 0.307 e. The molecule has 0 atom stereocenters. The molecular formula is C17H14N2O2S. The second kappa shape index (κ2) is 5.10. The molecule has 22 heavy (non-hydrogen) atoms. The van der Waals surface area contributed by atoms with Gasteiger partial charge < -0.3 is 5.11 Å². The highest BCUT2D eigenvalue weighted by molar-refractivity contribution is 7.12. The van der Waals surface area contributed by atoms with Gasteiger partial charge >= 0.3 is 5.97 Å². The van der Waals surface area contributed by atoms with Crippen LogP contribution in [0, 0.1) is 0 Å². The lowest BCUT2D eigenvalue weighted by Gasteiger charge is -2.17. The van der Waals surface area contributed by atoms with Crippen molar-refractivity contribution in [3.63, 3.8) is 0 Å². The number of fused-ring (bicyclic) bond motifs is 3. The molecule has 0 aliphatic carbocycles. The van der Waals surface area contributed by atoms with E-state index in [0.29, 0.717) is 6.54 Å². The second-order valence-electron chi connectivity index (χ2n) is 5.28. The Labute approximate surface area is 131 Å². The zero-order chi connectivity index (χ0) is 15.1. The molecule has 1 aliphatic heterocycles. The van der Waals surface area contributed by atoms with Gasteiger partial charge in [0.05, 0.1) is 16.8 Å². The van der Waals surface area contributed by atoms with E-state index in [-0.39, 0.29) is 6.42 Å². The fraction of sp³-hybridized carbons (Fsp3) is 0.176. The normalized spacial score (nSPS) is 13.9. The largest absolute Gasteiger partial charge is 0.481 e. The van der Waals surface area contributed by atoms with Crippen molar-refractivity contribution >= 4 is 34.0 Å². The zero-order valence-electron chi connectivity index (χ0n) is 11.8. The van der Waals surface area contributed by atoms with E-state index in [0.717, 1.165) is 39.3 Å². The number of aliphatic carboxylic acids is 1. The molecule has 4 nitrogen and oxygen atoms in total. The number of rotatable bonds is 3. The summed E-state index contributed by atoms with van der Waals surface area (Å²) in [7, 11) is 0. The number of para-hydroxylation sites is 1. The van der Waals surface area contributed by atoms with E-state index in [1.165, 1.54) is 0 Å². The van der Waals surface area contributed by atoms with Crippen LogP contribution in [-0.4, -0.2) is 28.0 Å². The van der Waals surface area contributed by atoms with Gasteiger partial charge in [-0.3, -0.25) is 14.4 Å². The average Bonchev–Trinajstić information content (AvgIpc) is 3.15. The Hall–Kier alpha value is -2.40. The van der Waals surface area contributed by atoms with Crippen LogP contribution < -0.4 is 0 Å². The van der Waals surface area contributed by atoms with Crippen LogP contribution in [0.15, 0.2) is 46.8 Å². The fourth-order valence-corrected chi connectivity index (χ4v) is 3.87. The molecule has 0 spiro atoms. The molecule has 3 aromatic rings. The van der Waals surface area contributed by atoms with E-state index in [1.54, 1.807) is 11.3 Å². The summed E-state index contributed by atoms with van der Waals surface area (Å²) in [5, 5.41) is 12.3. The molecule has 0 radical (unpaired) electrons. The molecule has 0 unspecified atom stereocenters. The Bertz CT molecular complexity index is 891. The molecule has 0 saturated carbocycles. The molecular weight excluding hydrogens is 296 g/mol. The highest BCUT2D eigenvalue weighted by Crippen LogP contribution is 2.31. The number of carboxylic acids is 1. The van der Waals surface area contributed by atoms with Crippen LogP contribution in [0.3, 0.4) is 0 Å².